The molecule has 0 saturated heterocycles. The number of hydrogen-bond acceptors (Lipinski definition) is 8. The van der Waals surface area contributed by atoms with Crippen molar-refractivity contribution >= 4 is 13.6 Å². The van der Waals surface area contributed by atoms with E-state index < -0.39 is 26.2 Å². The Morgan fingerprint density at radius 2 is 1.97 bits per heavy atom. The molecule has 3 aromatic heterocycles. The van der Waals surface area contributed by atoms with Crippen molar-refractivity contribution in [2.75, 3.05) is 5.73 Å². The highest BCUT2D eigenvalue weighted by Crippen LogP contribution is 2.31. The van der Waals surface area contributed by atoms with Gasteiger partial charge < -0.3 is 19.0 Å². The number of nitrogens with zero attached hydrogens (tertiary/aromatic N) is 3. The predicted octanol–water partition coefficient (Wildman–Crippen LogP) is 2.70. The average molecular weight is 490 g/mol. The van der Waals surface area contributed by atoms with Crippen LogP contribution in [-0.4, -0.2) is 15.0 Å². The zero-order chi connectivity index (χ0) is 24.3. The van der Waals surface area contributed by atoms with Crippen molar-refractivity contribution in [2.45, 2.75) is 13.2 Å². The normalized spacial score (nSPS) is 12.9. The Labute approximate surface area is 191 Å². The predicted molar refractivity (Wildman–Crippen MR) is 111 cm³/mol. The van der Waals surface area contributed by atoms with E-state index in [2.05, 4.69) is 14.7 Å². The lowest BCUT2D eigenvalue weighted by atomic mass is 10.1. The lowest BCUT2D eigenvalue weighted by Gasteiger charge is -2.14. The van der Waals surface area contributed by atoms with Gasteiger partial charge in [-0.2, -0.15) is 0 Å². The first kappa shape index (κ1) is 23.5. The van der Waals surface area contributed by atoms with Gasteiger partial charge in [0.25, 0.3) is 19.5 Å². The quantitative estimate of drug-likeness (QED) is 0.281. The highest BCUT2D eigenvalue weighted by atomic mass is 31.2. The molecule has 3 N–H and O–H groups in total. The summed E-state index contributed by atoms with van der Waals surface area (Å²) in [4.78, 5) is 23.5. The van der Waals surface area contributed by atoms with E-state index in [-0.39, 0.29) is 29.6 Å². The van der Waals surface area contributed by atoms with Crippen LogP contribution >= 0.6 is 7.82 Å². The monoisotopic (exact) mass is 490 g/mol. The molecule has 0 spiro atoms. The van der Waals surface area contributed by atoms with Crippen molar-refractivity contribution in [1.29, 1.82) is 0 Å². The summed E-state index contributed by atoms with van der Waals surface area (Å²) in [6.07, 6.45) is 2.98. The lowest BCUT2D eigenvalue weighted by molar-refractivity contribution is -0.712. The van der Waals surface area contributed by atoms with E-state index in [1.807, 2.05) is 0 Å². The maximum atomic E-state index is 14.4. The van der Waals surface area contributed by atoms with Gasteiger partial charge in [0, 0.05) is 18.7 Å². The van der Waals surface area contributed by atoms with Crippen LogP contribution in [0.5, 0.6) is 11.6 Å². The summed E-state index contributed by atoms with van der Waals surface area (Å²) < 4.78 is 55.1. The fourth-order valence-electron chi connectivity index (χ4n) is 3.02. The number of nitrogen functional groups attached to an aromatic ring is 1. The molecule has 3 heterocycles. The van der Waals surface area contributed by atoms with E-state index >= 15 is 0 Å². The molecule has 0 aliphatic rings. The third-order valence-electron chi connectivity index (χ3n) is 4.59. The van der Waals surface area contributed by atoms with Gasteiger partial charge in [-0.05, 0) is 35.9 Å². The van der Waals surface area contributed by atoms with Crippen molar-refractivity contribution in [2.24, 2.45) is 0 Å². The Kier molecular flexibility index (Phi) is 6.66. The van der Waals surface area contributed by atoms with Crippen LogP contribution in [0.1, 0.15) is 11.3 Å². The minimum Gasteiger partial charge on any atom is -0.756 e. The van der Waals surface area contributed by atoms with Crippen LogP contribution in [0.3, 0.4) is 0 Å². The first-order chi connectivity index (χ1) is 16.2. The summed E-state index contributed by atoms with van der Waals surface area (Å²) in [7, 11) is -4.93. The number of pyridine rings is 2. The molecular formula is C21H17F2N4O6P. The minimum atomic E-state index is -4.93. The van der Waals surface area contributed by atoms with E-state index in [0.717, 1.165) is 0 Å². The number of halogens is 2. The summed E-state index contributed by atoms with van der Waals surface area (Å²) in [5.41, 5.74) is 7.32. The number of hydrogen-bond donors (Lipinski definition) is 2. The molecule has 0 saturated carbocycles. The number of rotatable bonds is 8. The van der Waals surface area contributed by atoms with Crippen molar-refractivity contribution in [3.8, 4) is 23.0 Å². The first-order valence-electron chi connectivity index (χ1n) is 9.68. The van der Waals surface area contributed by atoms with Crippen LogP contribution in [-0.2, 0) is 22.2 Å². The number of aromatic nitrogens is 3. The molecule has 1 unspecified atom stereocenters. The molecule has 34 heavy (non-hydrogen) atoms. The van der Waals surface area contributed by atoms with Gasteiger partial charge in [-0.15, -0.1) is 0 Å². The molecule has 0 amide bonds. The Morgan fingerprint density at radius 3 is 2.71 bits per heavy atom. The maximum absolute atomic E-state index is 14.4. The van der Waals surface area contributed by atoms with Crippen LogP contribution in [0.15, 0.2) is 65.4 Å². The van der Waals surface area contributed by atoms with Crippen LogP contribution < -0.4 is 19.9 Å². The molecule has 10 nitrogen and oxygen atoms in total. The van der Waals surface area contributed by atoms with E-state index in [0.29, 0.717) is 16.8 Å². The number of benzene rings is 1. The number of para-hydroxylation sites is 1. The molecule has 0 bridgehead atoms. The Balaban J connectivity index is 1.49. The molecule has 0 fully saturated rings. The van der Waals surface area contributed by atoms with Gasteiger partial charge in [0.15, 0.2) is 29.9 Å². The zero-order valence-corrected chi connectivity index (χ0v) is 18.2. The van der Waals surface area contributed by atoms with Crippen LogP contribution in [0.4, 0.5) is 14.6 Å². The number of ether oxygens (including phenoxy) is 1. The van der Waals surface area contributed by atoms with Crippen LogP contribution in [0.2, 0.25) is 0 Å². The largest absolute Gasteiger partial charge is 0.756 e. The fourth-order valence-corrected chi connectivity index (χ4v) is 3.29. The van der Waals surface area contributed by atoms with E-state index in [1.165, 1.54) is 41.2 Å². The molecule has 0 aliphatic carbocycles. The lowest BCUT2D eigenvalue weighted by Crippen LogP contribution is -2.38. The molecule has 13 heteroatoms. The summed E-state index contributed by atoms with van der Waals surface area (Å²) in [6, 6.07) is 11.5. The van der Waals surface area contributed by atoms with Crippen molar-refractivity contribution in [3.63, 3.8) is 0 Å². The highest BCUT2D eigenvalue weighted by Gasteiger charge is 2.19. The van der Waals surface area contributed by atoms with E-state index in [1.54, 1.807) is 24.3 Å². The van der Waals surface area contributed by atoms with Crippen LogP contribution in [0.25, 0.3) is 11.3 Å². The molecule has 0 aliphatic heterocycles. The molecule has 4 aromatic rings. The Morgan fingerprint density at radius 1 is 1.18 bits per heavy atom. The zero-order valence-electron chi connectivity index (χ0n) is 17.3. The van der Waals surface area contributed by atoms with Crippen LogP contribution in [0, 0.1) is 11.6 Å². The van der Waals surface area contributed by atoms with E-state index in [9.17, 15) is 18.2 Å². The highest BCUT2D eigenvalue weighted by molar-refractivity contribution is 7.44. The smallest absolute Gasteiger partial charge is 0.285 e. The average Bonchev–Trinajstić information content (AvgIpc) is 3.24. The molecule has 1 atom stereocenters. The second-order valence-electron chi connectivity index (χ2n) is 7.03. The standard InChI is InChI=1S/C21H17F2N4O6P/c22-16-5-1-2-6-18(16)32-21-17(23)9-13(11-25-21)8-14-10-19(33-26-14)15-4-3-7-27(20(15)24)12-31-34(28,29)30/h1-7,9-11,24H,8,12H2,(H2,28,29,30). The van der Waals surface area contributed by atoms with Crippen molar-refractivity contribution in [3.05, 3.63) is 83.8 Å². The number of phosphoric acid groups is 1. The summed E-state index contributed by atoms with van der Waals surface area (Å²) in [5.74, 6) is -1.58. The van der Waals surface area contributed by atoms with Crippen molar-refractivity contribution < 1.29 is 41.5 Å². The molecule has 4 rings (SSSR count). The minimum absolute atomic E-state index is 0.0982. The van der Waals surface area contributed by atoms with Gasteiger partial charge in [0.2, 0.25) is 0 Å². The fraction of sp³-hybridized carbons (Fsp3) is 0.0952. The van der Waals surface area contributed by atoms with Gasteiger partial charge in [-0.25, -0.2) is 18.3 Å². The van der Waals surface area contributed by atoms with Gasteiger partial charge in [-0.1, -0.05) is 17.3 Å². The topological polar surface area (TPSA) is 148 Å². The Hall–Kier alpha value is -3.70. The maximum Gasteiger partial charge on any atom is 0.285 e. The summed E-state index contributed by atoms with van der Waals surface area (Å²) in [6.45, 7) is -0.538. The third kappa shape index (κ3) is 5.61. The second-order valence-corrected chi connectivity index (χ2v) is 8.22. The van der Waals surface area contributed by atoms with Gasteiger partial charge in [0.05, 0.1) is 11.9 Å². The van der Waals surface area contributed by atoms with Gasteiger partial charge >= 0.3 is 0 Å². The third-order valence-corrected chi connectivity index (χ3v) is 5.03. The first-order valence-corrected chi connectivity index (χ1v) is 11.2. The van der Waals surface area contributed by atoms with Gasteiger partial charge in [-0.3, -0.25) is 14.8 Å². The number of phosphoric ester groups is 1. The summed E-state index contributed by atoms with van der Waals surface area (Å²) in [5, 5.41) is 3.94. The summed E-state index contributed by atoms with van der Waals surface area (Å²) >= 11 is 0. The molecular weight excluding hydrogens is 473 g/mol. The molecule has 176 valence electrons. The second kappa shape index (κ2) is 9.65. The van der Waals surface area contributed by atoms with E-state index in [4.69, 9.17) is 19.9 Å². The Bertz CT molecular complexity index is 1380. The molecule has 0 radical (unpaired) electrons. The number of nitrogens with two attached hydrogens (primary N) is 1. The van der Waals surface area contributed by atoms with Crippen molar-refractivity contribution in [1.82, 2.24) is 10.1 Å². The number of anilines is 1. The van der Waals surface area contributed by atoms with Gasteiger partial charge in [0.1, 0.15) is 5.56 Å². The SMILES string of the molecule is Nc1c(-c2cc(Cc3cnc(Oc4ccccc4F)c(F)c3)no2)ccc[n+]1COP(=O)([O-])O. The molecule has 1 aromatic carbocycles.